The van der Waals surface area contributed by atoms with E-state index in [-0.39, 0.29) is 11.6 Å². The third-order valence-corrected chi connectivity index (χ3v) is 4.24. The van der Waals surface area contributed by atoms with Gasteiger partial charge in [-0.1, -0.05) is 0 Å². The topological polar surface area (TPSA) is 38.1 Å². The maximum absolute atomic E-state index is 13.8. The fraction of sp³-hybridized carbons (Fsp3) is 0.412. The molecule has 3 rings (SSSR count). The standard InChI is InChI=1S/C17H19F2N3O/c1-11-8-12(2)22(20-11)14-4-3-7-21(10-14)17(23)15-6-5-13(18)9-16(15)19/h5-6,8-9,14H,3-4,7,10H2,1-2H3. The van der Waals surface area contributed by atoms with Crippen LogP contribution < -0.4 is 0 Å². The number of likely N-dealkylation sites (tertiary alicyclic amines) is 1. The molecular formula is C17H19F2N3O. The second-order valence-electron chi connectivity index (χ2n) is 6.04. The van der Waals surface area contributed by atoms with Gasteiger partial charge in [0, 0.05) is 24.8 Å². The number of aryl methyl sites for hydroxylation is 2. The van der Waals surface area contributed by atoms with Gasteiger partial charge in [0.15, 0.2) is 0 Å². The average Bonchev–Trinajstić information content (AvgIpc) is 2.85. The Hall–Kier alpha value is -2.24. The summed E-state index contributed by atoms with van der Waals surface area (Å²) in [4.78, 5) is 14.2. The highest BCUT2D eigenvalue weighted by Crippen LogP contribution is 2.24. The van der Waals surface area contributed by atoms with Gasteiger partial charge in [-0.15, -0.1) is 0 Å². The molecule has 4 nitrogen and oxygen atoms in total. The van der Waals surface area contributed by atoms with Crippen LogP contribution in [0.4, 0.5) is 8.78 Å². The Morgan fingerprint density at radius 1 is 1.26 bits per heavy atom. The maximum Gasteiger partial charge on any atom is 0.256 e. The molecule has 1 aliphatic rings. The van der Waals surface area contributed by atoms with E-state index in [0.29, 0.717) is 13.1 Å². The van der Waals surface area contributed by atoms with Gasteiger partial charge < -0.3 is 4.90 Å². The van der Waals surface area contributed by atoms with Gasteiger partial charge in [0.2, 0.25) is 0 Å². The molecule has 1 unspecified atom stereocenters. The number of halogens is 2. The van der Waals surface area contributed by atoms with Gasteiger partial charge in [-0.3, -0.25) is 9.48 Å². The van der Waals surface area contributed by atoms with E-state index in [9.17, 15) is 13.6 Å². The van der Waals surface area contributed by atoms with Crippen molar-refractivity contribution in [3.63, 3.8) is 0 Å². The number of nitrogens with zero attached hydrogens (tertiary/aromatic N) is 3. The molecule has 122 valence electrons. The number of rotatable bonds is 2. The molecule has 1 atom stereocenters. The minimum absolute atomic E-state index is 0.0829. The van der Waals surface area contributed by atoms with Crippen molar-refractivity contribution in [1.82, 2.24) is 14.7 Å². The SMILES string of the molecule is Cc1cc(C)n(C2CCCN(C(=O)c3ccc(F)cc3F)C2)n1. The Morgan fingerprint density at radius 3 is 2.70 bits per heavy atom. The van der Waals surface area contributed by atoms with Crippen LogP contribution in [-0.4, -0.2) is 33.7 Å². The number of benzene rings is 1. The highest BCUT2D eigenvalue weighted by Gasteiger charge is 2.28. The van der Waals surface area contributed by atoms with E-state index in [1.54, 1.807) is 4.90 Å². The molecule has 0 spiro atoms. The minimum Gasteiger partial charge on any atom is -0.336 e. The van der Waals surface area contributed by atoms with Crippen molar-refractivity contribution in [3.05, 3.63) is 52.9 Å². The summed E-state index contributed by atoms with van der Waals surface area (Å²) in [6.45, 7) is 4.98. The first kappa shape index (κ1) is 15.6. The molecule has 1 amide bonds. The summed E-state index contributed by atoms with van der Waals surface area (Å²) in [6.07, 6.45) is 1.76. The molecule has 0 radical (unpaired) electrons. The predicted molar refractivity (Wildman–Crippen MR) is 82.2 cm³/mol. The van der Waals surface area contributed by atoms with Crippen LogP contribution in [0.1, 0.15) is 40.6 Å². The van der Waals surface area contributed by atoms with Crippen molar-refractivity contribution in [2.24, 2.45) is 0 Å². The molecule has 1 saturated heterocycles. The molecule has 0 saturated carbocycles. The molecule has 1 aliphatic heterocycles. The van der Waals surface area contributed by atoms with Gasteiger partial charge in [0.25, 0.3) is 5.91 Å². The van der Waals surface area contributed by atoms with Crippen LogP contribution in [0.25, 0.3) is 0 Å². The number of hydrogen-bond donors (Lipinski definition) is 0. The van der Waals surface area contributed by atoms with Crippen LogP contribution in [0, 0.1) is 25.5 Å². The maximum atomic E-state index is 13.8. The summed E-state index contributed by atoms with van der Waals surface area (Å²) >= 11 is 0. The van der Waals surface area contributed by atoms with Gasteiger partial charge in [-0.05, 0) is 44.9 Å². The van der Waals surface area contributed by atoms with Crippen molar-refractivity contribution >= 4 is 5.91 Å². The molecular weight excluding hydrogens is 300 g/mol. The van der Waals surface area contributed by atoms with Crippen LogP contribution in [0.5, 0.6) is 0 Å². The minimum atomic E-state index is -0.816. The number of piperidine rings is 1. The first-order valence-corrected chi connectivity index (χ1v) is 7.73. The number of hydrogen-bond acceptors (Lipinski definition) is 2. The van der Waals surface area contributed by atoms with Crippen LogP contribution in [0.2, 0.25) is 0 Å². The Morgan fingerprint density at radius 2 is 2.04 bits per heavy atom. The summed E-state index contributed by atoms with van der Waals surface area (Å²) < 4.78 is 28.8. The highest BCUT2D eigenvalue weighted by atomic mass is 19.1. The summed E-state index contributed by atoms with van der Waals surface area (Å²) in [5.74, 6) is -1.89. The van der Waals surface area contributed by atoms with Gasteiger partial charge in [0.05, 0.1) is 17.3 Å². The summed E-state index contributed by atoms with van der Waals surface area (Å²) in [6, 6.07) is 5.15. The lowest BCUT2D eigenvalue weighted by atomic mass is 10.0. The number of amides is 1. The molecule has 23 heavy (non-hydrogen) atoms. The van der Waals surface area contributed by atoms with E-state index in [1.165, 1.54) is 6.07 Å². The van der Waals surface area contributed by atoms with Gasteiger partial charge in [-0.2, -0.15) is 5.10 Å². The van der Waals surface area contributed by atoms with Gasteiger partial charge >= 0.3 is 0 Å². The Bertz CT molecular complexity index is 741. The molecule has 6 heteroatoms. The van der Waals surface area contributed by atoms with Crippen molar-refractivity contribution in [3.8, 4) is 0 Å². The number of carbonyl (C=O) groups is 1. The third-order valence-electron chi connectivity index (χ3n) is 4.24. The lowest BCUT2D eigenvalue weighted by Gasteiger charge is -2.33. The van der Waals surface area contributed by atoms with E-state index in [2.05, 4.69) is 5.10 Å². The second-order valence-corrected chi connectivity index (χ2v) is 6.04. The first-order chi connectivity index (χ1) is 11.0. The monoisotopic (exact) mass is 319 g/mol. The fourth-order valence-corrected chi connectivity index (χ4v) is 3.19. The van der Waals surface area contributed by atoms with Crippen LogP contribution >= 0.6 is 0 Å². The van der Waals surface area contributed by atoms with Crippen LogP contribution in [0.15, 0.2) is 24.3 Å². The summed E-state index contributed by atoms with van der Waals surface area (Å²) in [7, 11) is 0. The van der Waals surface area contributed by atoms with E-state index < -0.39 is 17.5 Å². The zero-order chi connectivity index (χ0) is 16.6. The molecule has 1 aromatic heterocycles. The summed E-state index contributed by atoms with van der Waals surface area (Å²) in [5.41, 5.74) is 1.91. The Labute approximate surface area is 133 Å². The molecule has 1 aromatic carbocycles. The van der Waals surface area contributed by atoms with Crippen LogP contribution in [-0.2, 0) is 0 Å². The second kappa shape index (κ2) is 6.10. The zero-order valence-corrected chi connectivity index (χ0v) is 13.2. The van der Waals surface area contributed by atoms with Crippen molar-refractivity contribution in [2.45, 2.75) is 32.7 Å². The molecule has 0 aliphatic carbocycles. The van der Waals surface area contributed by atoms with E-state index in [0.717, 1.165) is 36.4 Å². The van der Waals surface area contributed by atoms with Crippen LogP contribution in [0.3, 0.4) is 0 Å². The molecule has 2 aromatic rings. The number of carbonyl (C=O) groups excluding carboxylic acids is 1. The lowest BCUT2D eigenvalue weighted by molar-refractivity contribution is 0.0666. The number of aromatic nitrogens is 2. The quantitative estimate of drug-likeness (QED) is 0.852. The Kier molecular flexibility index (Phi) is 4.15. The molecule has 2 heterocycles. The normalized spacial score (nSPS) is 18.3. The highest BCUT2D eigenvalue weighted by molar-refractivity contribution is 5.94. The van der Waals surface area contributed by atoms with Gasteiger partial charge in [-0.25, -0.2) is 8.78 Å². The first-order valence-electron chi connectivity index (χ1n) is 7.73. The van der Waals surface area contributed by atoms with Crippen molar-refractivity contribution in [2.75, 3.05) is 13.1 Å². The van der Waals surface area contributed by atoms with E-state index >= 15 is 0 Å². The molecule has 0 N–H and O–H groups in total. The third kappa shape index (κ3) is 3.11. The van der Waals surface area contributed by atoms with E-state index in [1.807, 2.05) is 24.6 Å². The average molecular weight is 319 g/mol. The Balaban J connectivity index is 1.80. The molecule has 0 bridgehead atoms. The smallest absolute Gasteiger partial charge is 0.256 e. The van der Waals surface area contributed by atoms with Gasteiger partial charge in [0.1, 0.15) is 11.6 Å². The lowest BCUT2D eigenvalue weighted by Crippen LogP contribution is -2.41. The predicted octanol–water partition coefficient (Wildman–Crippen LogP) is 3.26. The zero-order valence-electron chi connectivity index (χ0n) is 13.2. The largest absolute Gasteiger partial charge is 0.336 e. The fourth-order valence-electron chi connectivity index (χ4n) is 3.19. The summed E-state index contributed by atoms with van der Waals surface area (Å²) in [5, 5.41) is 4.48. The molecule has 1 fully saturated rings. The van der Waals surface area contributed by atoms with Crippen molar-refractivity contribution in [1.29, 1.82) is 0 Å². The van der Waals surface area contributed by atoms with E-state index in [4.69, 9.17) is 0 Å². The van der Waals surface area contributed by atoms with Crippen molar-refractivity contribution < 1.29 is 13.6 Å².